The van der Waals surface area contributed by atoms with Gasteiger partial charge in [0.05, 0.1) is 5.69 Å². The van der Waals surface area contributed by atoms with E-state index in [1.165, 1.54) is 16.7 Å². The average molecular weight is 485 g/mol. The first-order chi connectivity index (χ1) is 16.8. The third-order valence-electron chi connectivity index (χ3n) is 5.56. The minimum Gasteiger partial charge on any atom is -0.425 e. The van der Waals surface area contributed by atoms with Gasteiger partial charge in [0.1, 0.15) is 0 Å². The number of benzene rings is 3. The number of hydrogen-bond acceptors (Lipinski definition) is 6. The van der Waals surface area contributed by atoms with Crippen LogP contribution in [0.1, 0.15) is 38.8 Å². The lowest BCUT2D eigenvalue weighted by Crippen LogP contribution is -2.28. The highest BCUT2D eigenvalue weighted by atomic mass is 32.1. The van der Waals surface area contributed by atoms with Crippen molar-refractivity contribution in [3.05, 3.63) is 101 Å². The van der Waals surface area contributed by atoms with Gasteiger partial charge in [0, 0.05) is 36.3 Å². The molecule has 1 aliphatic rings. The zero-order valence-corrected chi connectivity index (χ0v) is 19.7. The summed E-state index contributed by atoms with van der Waals surface area (Å²) in [5.74, 6) is -0.773. The second kappa shape index (κ2) is 9.82. The lowest BCUT2D eigenvalue weighted by atomic mass is 9.99. The molecule has 0 aromatic heterocycles. The Bertz CT molecular complexity index is 1380. The van der Waals surface area contributed by atoms with Crippen molar-refractivity contribution >= 4 is 58.7 Å². The maximum Gasteiger partial charge on any atom is 0.301 e. The monoisotopic (exact) mass is 484 g/mol. The Morgan fingerprint density at radius 3 is 2.26 bits per heavy atom. The van der Waals surface area contributed by atoms with E-state index in [0.29, 0.717) is 34.2 Å². The topological polar surface area (TPSA) is 84.0 Å². The van der Waals surface area contributed by atoms with Crippen molar-refractivity contribution in [2.24, 2.45) is 0 Å². The molecule has 35 heavy (non-hydrogen) atoms. The highest BCUT2D eigenvalue weighted by Crippen LogP contribution is 2.28. The number of aldehydes is 1. The molecule has 0 atom stereocenters. The number of rotatable bonds is 6. The molecule has 174 valence electrons. The molecule has 3 aromatic carbocycles. The molecule has 4 rings (SSSR count). The van der Waals surface area contributed by atoms with Crippen LogP contribution in [0.5, 0.6) is 0 Å². The number of ketones is 1. The molecule has 0 aliphatic carbocycles. The molecule has 0 spiro atoms. The van der Waals surface area contributed by atoms with Gasteiger partial charge >= 0.3 is 5.91 Å². The molecule has 3 aromatic rings. The third-order valence-corrected chi connectivity index (χ3v) is 5.83. The van der Waals surface area contributed by atoms with Gasteiger partial charge in [0.15, 0.2) is 17.8 Å². The number of thiocarbonyl (C=S) groups is 1. The molecular weight excluding hydrogens is 464 g/mol. The lowest BCUT2D eigenvalue weighted by molar-refractivity contribution is -0.116. The molecule has 0 unspecified atom stereocenters. The average Bonchev–Trinajstić information content (AvgIpc) is 3.15. The van der Waals surface area contributed by atoms with Crippen LogP contribution < -0.4 is 9.80 Å². The first-order valence-electron chi connectivity index (χ1n) is 10.6. The summed E-state index contributed by atoms with van der Waals surface area (Å²) in [5.41, 5.74) is 2.85. The van der Waals surface area contributed by atoms with Crippen molar-refractivity contribution < 1.29 is 23.9 Å². The van der Waals surface area contributed by atoms with Gasteiger partial charge in [-0.2, -0.15) is 0 Å². The Hall–Kier alpha value is -4.43. The molecule has 1 aliphatic heterocycles. The van der Waals surface area contributed by atoms with Gasteiger partial charge in [0.2, 0.25) is 5.91 Å². The zero-order chi connectivity index (χ0) is 25.1. The van der Waals surface area contributed by atoms with E-state index in [0.717, 1.165) is 5.69 Å². The molecule has 7 nitrogen and oxygen atoms in total. The molecule has 1 saturated heterocycles. The highest BCUT2D eigenvalue weighted by Gasteiger charge is 2.34. The number of carbonyl (C=O) groups excluding carboxylic acids is 4. The molecule has 0 saturated carbocycles. The van der Waals surface area contributed by atoms with Crippen LogP contribution >= 0.6 is 12.2 Å². The van der Waals surface area contributed by atoms with E-state index in [9.17, 15) is 19.2 Å². The van der Waals surface area contributed by atoms with Crippen LogP contribution in [0.25, 0.3) is 6.08 Å². The Kier molecular flexibility index (Phi) is 6.66. The van der Waals surface area contributed by atoms with E-state index >= 15 is 0 Å². The largest absolute Gasteiger partial charge is 0.425 e. The van der Waals surface area contributed by atoms with E-state index in [1.807, 2.05) is 0 Å². The van der Waals surface area contributed by atoms with Gasteiger partial charge in [-0.15, -0.1) is 0 Å². The number of hydrogen-bond donors (Lipinski definition) is 0. The maximum absolute atomic E-state index is 13.0. The zero-order valence-electron chi connectivity index (χ0n) is 18.9. The van der Waals surface area contributed by atoms with E-state index in [-0.39, 0.29) is 22.6 Å². The Labute approximate surface area is 207 Å². The first-order valence-corrected chi connectivity index (χ1v) is 11.0. The van der Waals surface area contributed by atoms with E-state index in [1.54, 1.807) is 85.9 Å². The molecule has 1 fully saturated rings. The first kappa shape index (κ1) is 23.7. The van der Waals surface area contributed by atoms with Crippen LogP contribution in [0.3, 0.4) is 0 Å². The molecule has 0 bridgehead atoms. The molecule has 8 heteroatoms. The SMILES string of the molecule is CC(=O)N(C)c1ccc(C=C2OC(=S)N(c3ccc(C(=O)c4ccccc4C=O)cc3)C2=O)cc1. The second-order valence-corrected chi connectivity index (χ2v) is 8.12. The molecule has 0 radical (unpaired) electrons. The number of amides is 2. The predicted octanol–water partition coefficient (Wildman–Crippen LogP) is 4.40. The Balaban J connectivity index is 1.54. The highest BCUT2D eigenvalue weighted by molar-refractivity contribution is 7.80. The fourth-order valence-corrected chi connectivity index (χ4v) is 3.82. The van der Waals surface area contributed by atoms with Crippen molar-refractivity contribution in [3.63, 3.8) is 0 Å². The number of nitrogens with zero attached hydrogens (tertiary/aromatic N) is 2. The maximum atomic E-state index is 13.0. The molecule has 2 amide bonds. The summed E-state index contributed by atoms with van der Waals surface area (Å²) < 4.78 is 5.54. The van der Waals surface area contributed by atoms with E-state index < -0.39 is 5.91 Å². The van der Waals surface area contributed by atoms with Gasteiger partial charge < -0.3 is 9.64 Å². The minimum absolute atomic E-state index is 0.0282. The van der Waals surface area contributed by atoms with Gasteiger partial charge in [-0.05, 0) is 60.3 Å². The summed E-state index contributed by atoms with van der Waals surface area (Å²) in [6.45, 7) is 1.48. The van der Waals surface area contributed by atoms with E-state index in [2.05, 4.69) is 0 Å². The van der Waals surface area contributed by atoms with Crippen molar-refractivity contribution in [2.75, 3.05) is 16.8 Å². The predicted molar refractivity (Wildman–Crippen MR) is 136 cm³/mol. The van der Waals surface area contributed by atoms with Gasteiger partial charge in [-0.1, -0.05) is 36.4 Å². The van der Waals surface area contributed by atoms with Crippen molar-refractivity contribution in [1.29, 1.82) is 0 Å². The van der Waals surface area contributed by atoms with Gasteiger partial charge in [-0.25, -0.2) is 4.90 Å². The van der Waals surface area contributed by atoms with Crippen LogP contribution in [0.2, 0.25) is 0 Å². The normalized spacial score (nSPS) is 14.1. The quantitative estimate of drug-likeness (QED) is 0.223. The minimum atomic E-state index is -0.440. The van der Waals surface area contributed by atoms with Crippen molar-refractivity contribution in [3.8, 4) is 0 Å². The summed E-state index contributed by atoms with van der Waals surface area (Å²) in [4.78, 5) is 51.3. The smallest absolute Gasteiger partial charge is 0.301 e. The molecule has 0 N–H and O–H groups in total. The summed E-state index contributed by atoms with van der Waals surface area (Å²) >= 11 is 5.26. The second-order valence-electron chi connectivity index (χ2n) is 7.77. The Morgan fingerprint density at radius 1 is 0.971 bits per heavy atom. The third kappa shape index (κ3) is 4.78. The fraction of sp³-hybridized carbons (Fsp3) is 0.0741. The van der Waals surface area contributed by atoms with Crippen molar-refractivity contribution in [2.45, 2.75) is 6.92 Å². The lowest BCUT2D eigenvalue weighted by Gasteiger charge is -2.14. The van der Waals surface area contributed by atoms with Crippen LogP contribution in [0.15, 0.2) is 78.6 Å². The summed E-state index contributed by atoms with van der Waals surface area (Å²) in [6.07, 6.45) is 2.21. The van der Waals surface area contributed by atoms with Crippen LogP contribution in [0, 0.1) is 0 Å². The van der Waals surface area contributed by atoms with Gasteiger partial charge in [-0.3, -0.25) is 19.2 Å². The Morgan fingerprint density at radius 2 is 1.63 bits per heavy atom. The van der Waals surface area contributed by atoms with Gasteiger partial charge in [0.25, 0.3) is 5.17 Å². The standard InChI is InChI=1S/C27H20N2O5S/c1-17(31)28(2)21-11-7-18(8-12-21)15-24-26(33)29(27(35)34-24)22-13-9-19(10-14-22)25(32)23-6-4-3-5-20(23)16-30/h3-16H,1-2H3. The summed E-state index contributed by atoms with van der Waals surface area (Å²) in [6, 6.07) is 19.9. The van der Waals surface area contributed by atoms with Crippen molar-refractivity contribution in [1.82, 2.24) is 0 Å². The van der Waals surface area contributed by atoms with Crippen LogP contribution in [-0.2, 0) is 14.3 Å². The molecule has 1 heterocycles. The molecular formula is C27H20N2O5S. The van der Waals surface area contributed by atoms with E-state index in [4.69, 9.17) is 17.0 Å². The van der Waals surface area contributed by atoms with Crippen LogP contribution in [-0.4, -0.2) is 36.1 Å². The fourth-order valence-electron chi connectivity index (χ4n) is 3.54. The summed E-state index contributed by atoms with van der Waals surface area (Å²) in [5, 5.41) is -0.0282. The number of carbonyl (C=O) groups is 4. The van der Waals surface area contributed by atoms with Crippen LogP contribution in [0.4, 0.5) is 11.4 Å². The summed E-state index contributed by atoms with van der Waals surface area (Å²) in [7, 11) is 1.68. The number of ether oxygens (including phenoxy) is 1. The number of anilines is 2.